The zero-order valence-corrected chi connectivity index (χ0v) is 12.3. The van der Waals surface area contributed by atoms with E-state index >= 15 is 0 Å². The van der Waals surface area contributed by atoms with Gasteiger partial charge in [0.15, 0.2) is 0 Å². The molecule has 19 heavy (non-hydrogen) atoms. The first kappa shape index (κ1) is 13.7. The Bertz CT molecular complexity index is 553. The number of thiazole rings is 1. The molecular formula is C15H18N2OS. The SMILES string of the molecule is Cc1ccc(C(=O)NCCc2nc(C)c(C)s2)cc1. The number of carbonyl (C=O) groups excluding carboxylic acids is 1. The molecule has 2 aromatic rings. The number of benzene rings is 1. The van der Waals surface area contributed by atoms with Gasteiger partial charge in [0, 0.05) is 23.4 Å². The Morgan fingerprint density at radius 1 is 1.21 bits per heavy atom. The van der Waals surface area contributed by atoms with Gasteiger partial charge in [-0.2, -0.15) is 0 Å². The Balaban J connectivity index is 1.85. The molecule has 0 fully saturated rings. The van der Waals surface area contributed by atoms with Crippen LogP contribution in [0.4, 0.5) is 0 Å². The molecule has 0 saturated carbocycles. The average molecular weight is 274 g/mol. The van der Waals surface area contributed by atoms with E-state index in [4.69, 9.17) is 0 Å². The topological polar surface area (TPSA) is 42.0 Å². The Hall–Kier alpha value is -1.68. The van der Waals surface area contributed by atoms with E-state index in [9.17, 15) is 4.79 Å². The van der Waals surface area contributed by atoms with Crippen molar-refractivity contribution in [2.75, 3.05) is 6.54 Å². The Morgan fingerprint density at radius 3 is 2.47 bits per heavy atom. The van der Waals surface area contributed by atoms with Crippen LogP contribution in [0.2, 0.25) is 0 Å². The van der Waals surface area contributed by atoms with Gasteiger partial charge in [-0.1, -0.05) is 17.7 Å². The highest BCUT2D eigenvalue weighted by Gasteiger charge is 2.06. The number of hydrogen-bond donors (Lipinski definition) is 1. The summed E-state index contributed by atoms with van der Waals surface area (Å²) in [5, 5.41) is 4.01. The third kappa shape index (κ3) is 3.64. The van der Waals surface area contributed by atoms with Gasteiger partial charge in [0.05, 0.1) is 10.7 Å². The lowest BCUT2D eigenvalue weighted by Gasteiger charge is -2.04. The van der Waals surface area contributed by atoms with Crippen LogP contribution in [0.15, 0.2) is 24.3 Å². The van der Waals surface area contributed by atoms with E-state index in [0.717, 1.165) is 22.7 Å². The lowest BCUT2D eigenvalue weighted by atomic mass is 10.1. The van der Waals surface area contributed by atoms with Crippen LogP contribution in [-0.4, -0.2) is 17.4 Å². The Kier molecular flexibility index (Phi) is 4.32. The van der Waals surface area contributed by atoms with E-state index in [1.807, 2.05) is 38.1 Å². The summed E-state index contributed by atoms with van der Waals surface area (Å²) in [4.78, 5) is 17.6. The fraction of sp³-hybridized carbons (Fsp3) is 0.333. The molecule has 0 saturated heterocycles. The zero-order chi connectivity index (χ0) is 13.8. The highest BCUT2D eigenvalue weighted by Crippen LogP contribution is 2.16. The van der Waals surface area contributed by atoms with Gasteiger partial charge >= 0.3 is 0 Å². The van der Waals surface area contributed by atoms with Gasteiger partial charge in [-0.3, -0.25) is 4.79 Å². The van der Waals surface area contributed by atoms with Gasteiger partial charge in [0.25, 0.3) is 5.91 Å². The number of aromatic nitrogens is 1. The summed E-state index contributed by atoms with van der Waals surface area (Å²) in [5.41, 5.74) is 2.95. The lowest BCUT2D eigenvalue weighted by Crippen LogP contribution is -2.25. The summed E-state index contributed by atoms with van der Waals surface area (Å²) in [5.74, 6) is -0.0231. The van der Waals surface area contributed by atoms with Gasteiger partial charge in [0.2, 0.25) is 0 Å². The molecule has 1 heterocycles. The van der Waals surface area contributed by atoms with Crippen molar-refractivity contribution in [2.24, 2.45) is 0 Å². The summed E-state index contributed by atoms with van der Waals surface area (Å²) >= 11 is 1.70. The zero-order valence-electron chi connectivity index (χ0n) is 11.5. The molecule has 0 bridgehead atoms. The summed E-state index contributed by atoms with van der Waals surface area (Å²) in [6.45, 7) is 6.72. The van der Waals surface area contributed by atoms with Crippen LogP contribution in [0.25, 0.3) is 0 Å². The largest absolute Gasteiger partial charge is 0.352 e. The molecule has 0 unspecified atom stereocenters. The number of nitrogens with zero attached hydrogens (tertiary/aromatic N) is 1. The molecule has 1 aromatic carbocycles. The van der Waals surface area contributed by atoms with E-state index in [1.165, 1.54) is 4.88 Å². The Labute approximate surface area is 117 Å². The first-order chi connectivity index (χ1) is 9.06. The molecule has 0 aliphatic heterocycles. The number of aryl methyl sites for hydroxylation is 3. The normalized spacial score (nSPS) is 10.5. The molecule has 0 aliphatic carbocycles. The molecular weight excluding hydrogens is 256 g/mol. The maximum absolute atomic E-state index is 11.9. The van der Waals surface area contributed by atoms with Crippen LogP contribution in [0, 0.1) is 20.8 Å². The molecule has 0 atom stereocenters. The van der Waals surface area contributed by atoms with Crippen LogP contribution in [-0.2, 0) is 6.42 Å². The molecule has 2 rings (SSSR count). The second kappa shape index (κ2) is 5.97. The highest BCUT2D eigenvalue weighted by atomic mass is 32.1. The quantitative estimate of drug-likeness (QED) is 0.931. The van der Waals surface area contributed by atoms with Gasteiger partial charge < -0.3 is 5.32 Å². The smallest absolute Gasteiger partial charge is 0.251 e. The van der Waals surface area contributed by atoms with Crippen molar-refractivity contribution >= 4 is 17.2 Å². The van der Waals surface area contributed by atoms with Crippen LogP contribution < -0.4 is 5.32 Å². The van der Waals surface area contributed by atoms with Crippen LogP contribution in [0.5, 0.6) is 0 Å². The predicted molar refractivity (Wildman–Crippen MR) is 78.8 cm³/mol. The van der Waals surface area contributed by atoms with Gasteiger partial charge in [0.1, 0.15) is 0 Å². The predicted octanol–water partition coefficient (Wildman–Crippen LogP) is 3.04. The molecule has 0 aliphatic rings. The third-order valence-corrected chi connectivity index (χ3v) is 4.14. The van der Waals surface area contributed by atoms with Crippen molar-refractivity contribution in [1.29, 1.82) is 0 Å². The maximum Gasteiger partial charge on any atom is 0.251 e. The van der Waals surface area contributed by atoms with E-state index in [0.29, 0.717) is 12.1 Å². The van der Waals surface area contributed by atoms with E-state index in [1.54, 1.807) is 11.3 Å². The van der Waals surface area contributed by atoms with Crippen LogP contribution in [0.1, 0.15) is 31.5 Å². The Morgan fingerprint density at radius 2 is 1.89 bits per heavy atom. The second-order valence-corrected chi connectivity index (χ2v) is 5.91. The molecule has 1 amide bonds. The van der Waals surface area contributed by atoms with Crippen molar-refractivity contribution in [2.45, 2.75) is 27.2 Å². The lowest BCUT2D eigenvalue weighted by molar-refractivity contribution is 0.0954. The molecule has 1 aromatic heterocycles. The van der Waals surface area contributed by atoms with E-state index < -0.39 is 0 Å². The fourth-order valence-corrected chi connectivity index (χ4v) is 2.67. The number of hydrogen-bond acceptors (Lipinski definition) is 3. The molecule has 4 heteroatoms. The van der Waals surface area contributed by atoms with Crippen molar-refractivity contribution in [3.05, 3.63) is 51.0 Å². The molecule has 0 spiro atoms. The van der Waals surface area contributed by atoms with Gasteiger partial charge in [-0.05, 0) is 32.9 Å². The van der Waals surface area contributed by atoms with Crippen molar-refractivity contribution in [3.63, 3.8) is 0 Å². The summed E-state index contributed by atoms with van der Waals surface area (Å²) in [6, 6.07) is 7.59. The number of amides is 1. The van der Waals surface area contributed by atoms with Gasteiger partial charge in [-0.25, -0.2) is 4.98 Å². The van der Waals surface area contributed by atoms with Crippen molar-refractivity contribution in [1.82, 2.24) is 10.3 Å². The van der Waals surface area contributed by atoms with E-state index in [-0.39, 0.29) is 5.91 Å². The number of carbonyl (C=O) groups is 1. The summed E-state index contributed by atoms with van der Waals surface area (Å²) in [7, 11) is 0. The highest BCUT2D eigenvalue weighted by molar-refractivity contribution is 7.11. The minimum absolute atomic E-state index is 0.0231. The first-order valence-electron chi connectivity index (χ1n) is 6.34. The molecule has 1 N–H and O–H groups in total. The van der Waals surface area contributed by atoms with Crippen LogP contribution in [0.3, 0.4) is 0 Å². The van der Waals surface area contributed by atoms with Crippen LogP contribution >= 0.6 is 11.3 Å². The monoisotopic (exact) mass is 274 g/mol. The second-order valence-electron chi connectivity index (χ2n) is 4.62. The van der Waals surface area contributed by atoms with Crippen molar-refractivity contribution < 1.29 is 4.79 Å². The number of rotatable bonds is 4. The number of nitrogens with one attached hydrogen (secondary N) is 1. The fourth-order valence-electron chi connectivity index (χ4n) is 1.74. The van der Waals surface area contributed by atoms with Gasteiger partial charge in [-0.15, -0.1) is 11.3 Å². The molecule has 0 radical (unpaired) electrons. The minimum atomic E-state index is -0.0231. The minimum Gasteiger partial charge on any atom is -0.352 e. The van der Waals surface area contributed by atoms with Crippen molar-refractivity contribution in [3.8, 4) is 0 Å². The first-order valence-corrected chi connectivity index (χ1v) is 7.15. The summed E-state index contributed by atoms with van der Waals surface area (Å²) < 4.78 is 0. The maximum atomic E-state index is 11.9. The summed E-state index contributed by atoms with van der Waals surface area (Å²) in [6.07, 6.45) is 0.789. The molecule has 100 valence electrons. The third-order valence-electron chi connectivity index (χ3n) is 3.01. The average Bonchev–Trinajstić information content (AvgIpc) is 2.69. The standard InChI is InChI=1S/C15H18N2OS/c1-10-4-6-13(7-5-10)15(18)16-9-8-14-17-11(2)12(3)19-14/h4-7H,8-9H2,1-3H3,(H,16,18). The molecule has 3 nitrogen and oxygen atoms in total. The van der Waals surface area contributed by atoms with E-state index in [2.05, 4.69) is 17.2 Å².